The van der Waals surface area contributed by atoms with Gasteiger partial charge in [0.25, 0.3) is 5.91 Å². The summed E-state index contributed by atoms with van der Waals surface area (Å²) in [6.45, 7) is 3.49. The van der Waals surface area contributed by atoms with Gasteiger partial charge in [0.05, 0.1) is 24.5 Å². The molecule has 0 fully saturated rings. The fraction of sp³-hybridized carbons (Fsp3) is 0.286. The van der Waals surface area contributed by atoms with Gasteiger partial charge in [-0.3, -0.25) is 9.59 Å². The molecular formula is C28H30N2O6. The molecule has 0 bridgehead atoms. The predicted octanol–water partition coefficient (Wildman–Crippen LogP) is 4.40. The van der Waals surface area contributed by atoms with Gasteiger partial charge in [-0.25, -0.2) is 0 Å². The molecule has 2 aromatic carbocycles. The molecule has 36 heavy (non-hydrogen) atoms. The molecule has 1 aromatic heterocycles. The van der Waals surface area contributed by atoms with Crippen molar-refractivity contribution in [2.24, 2.45) is 0 Å². The van der Waals surface area contributed by atoms with Gasteiger partial charge in [0.2, 0.25) is 5.78 Å². The minimum atomic E-state index is -0.808. The number of carbonyl (C=O) groups is 2. The Morgan fingerprint density at radius 2 is 1.83 bits per heavy atom. The maximum atomic E-state index is 13.3. The Kier molecular flexibility index (Phi) is 7.75. The number of Topliss-reactive ketones (excluding diaryl/α,β-unsaturated/α-hetero) is 1. The van der Waals surface area contributed by atoms with Crippen LogP contribution in [0.4, 0.5) is 0 Å². The molecule has 0 spiro atoms. The van der Waals surface area contributed by atoms with Crippen LogP contribution in [0, 0.1) is 0 Å². The van der Waals surface area contributed by atoms with Crippen LogP contribution >= 0.6 is 0 Å². The lowest BCUT2D eigenvalue weighted by Crippen LogP contribution is -2.36. The Balaban J connectivity index is 1.71. The van der Waals surface area contributed by atoms with Gasteiger partial charge in [-0.1, -0.05) is 36.4 Å². The smallest absolute Gasteiger partial charge is 0.290 e. The third-order valence-corrected chi connectivity index (χ3v) is 5.90. The summed E-state index contributed by atoms with van der Waals surface area (Å²) in [6.07, 6.45) is 1.38. The van der Waals surface area contributed by atoms with Crippen molar-refractivity contribution in [2.75, 3.05) is 33.8 Å². The highest BCUT2D eigenvalue weighted by molar-refractivity contribution is 6.15. The second-order valence-corrected chi connectivity index (χ2v) is 8.69. The first-order chi connectivity index (χ1) is 17.4. The third kappa shape index (κ3) is 5.28. The van der Waals surface area contributed by atoms with E-state index in [9.17, 15) is 14.7 Å². The molecule has 0 saturated heterocycles. The summed E-state index contributed by atoms with van der Waals surface area (Å²) in [7, 11) is 3.79. The summed E-state index contributed by atoms with van der Waals surface area (Å²) in [5.41, 5.74) is 1.62. The molecular weight excluding hydrogens is 460 g/mol. The number of amides is 1. The monoisotopic (exact) mass is 490 g/mol. The van der Waals surface area contributed by atoms with E-state index < -0.39 is 23.5 Å². The molecule has 8 nitrogen and oxygen atoms in total. The van der Waals surface area contributed by atoms with Crippen molar-refractivity contribution in [3.05, 3.63) is 95.1 Å². The van der Waals surface area contributed by atoms with Crippen LogP contribution in [0.3, 0.4) is 0 Å². The zero-order valence-corrected chi connectivity index (χ0v) is 20.6. The van der Waals surface area contributed by atoms with E-state index in [0.717, 1.165) is 5.56 Å². The zero-order valence-electron chi connectivity index (χ0n) is 20.6. The lowest BCUT2D eigenvalue weighted by atomic mass is 9.94. The fourth-order valence-corrected chi connectivity index (χ4v) is 4.13. The number of aliphatic hydroxyl groups is 1. The Bertz CT molecular complexity index is 1230. The van der Waals surface area contributed by atoms with Crippen LogP contribution in [0.1, 0.15) is 34.6 Å². The number of benzene rings is 2. The van der Waals surface area contributed by atoms with Crippen molar-refractivity contribution in [3.8, 4) is 11.5 Å². The molecule has 1 amide bonds. The molecule has 1 atom stereocenters. The van der Waals surface area contributed by atoms with Crippen LogP contribution in [0.25, 0.3) is 0 Å². The van der Waals surface area contributed by atoms with Gasteiger partial charge >= 0.3 is 0 Å². The first-order valence-corrected chi connectivity index (χ1v) is 11.8. The topological polar surface area (TPSA) is 92.5 Å². The van der Waals surface area contributed by atoms with E-state index in [2.05, 4.69) is 0 Å². The van der Waals surface area contributed by atoms with Crippen molar-refractivity contribution in [3.63, 3.8) is 0 Å². The fourth-order valence-electron chi connectivity index (χ4n) is 4.13. The highest BCUT2D eigenvalue weighted by Gasteiger charge is 2.44. The summed E-state index contributed by atoms with van der Waals surface area (Å²) in [6, 6.07) is 17.4. The van der Waals surface area contributed by atoms with Crippen molar-refractivity contribution in [1.82, 2.24) is 9.80 Å². The second-order valence-electron chi connectivity index (χ2n) is 8.69. The highest BCUT2D eigenvalue weighted by Crippen LogP contribution is 2.41. The molecule has 1 unspecified atom stereocenters. The van der Waals surface area contributed by atoms with E-state index in [0.29, 0.717) is 43.4 Å². The molecule has 0 aliphatic carbocycles. The number of hydrogen-bond acceptors (Lipinski definition) is 7. The third-order valence-electron chi connectivity index (χ3n) is 5.90. The quantitative estimate of drug-likeness (QED) is 0.398. The van der Waals surface area contributed by atoms with Crippen LogP contribution in [-0.4, -0.2) is 60.4 Å². The van der Waals surface area contributed by atoms with Gasteiger partial charge < -0.3 is 28.8 Å². The lowest BCUT2D eigenvalue weighted by molar-refractivity contribution is -0.129. The highest BCUT2D eigenvalue weighted by atomic mass is 16.5. The second kappa shape index (κ2) is 11.1. The van der Waals surface area contributed by atoms with Crippen molar-refractivity contribution >= 4 is 11.7 Å². The van der Waals surface area contributed by atoms with Crippen molar-refractivity contribution in [2.45, 2.75) is 19.6 Å². The van der Waals surface area contributed by atoms with Gasteiger partial charge in [0.15, 0.2) is 23.0 Å². The minimum Gasteiger partial charge on any atom is -0.503 e. The number of likely N-dealkylation sites (N-methyl/N-ethyl adjacent to an activating group) is 1. The number of ketones is 1. The number of aliphatic hydroxyl groups excluding tert-OH is 1. The molecule has 1 aliphatic heterocycles. The van der Waals surface area contributed by atoms with Crippen LogP contribution in [0.5, 0.6) is 11.5 Å². The number of rotatable bonds is 11. The average Bonchev–Trinajstić information content (AvgIpc) is 3.50. The summed E-state index contributed by atoms with van der Waals surface area (Å²) in [4.78, 5) is 29.8. The Labute approximate surface area is 210 Å². The summed E-state index contributed by atoms with van der Waals surface area (Å²) < 4.78 is 17.2. The molecule has 1 N–H and O–H groups in total. The first-order valence-electron chi connectivity index (χ1n) is 11.8. The predicted molar refractivity (Wildman–Crippen MR) is 134 cm³/mol. The van der Waals surface area contributed by atoms with Crippen molar-refractivity contribution in [1.29, 1.82) is 0 Å². The van der Waals surface area contributed by atoms with Crippen LogP contribution in [0.15, 0.2) is 82.7 Å². The molecule has 3 aromatic rings. The minimum absolute atomic E-state index is 0.0193. The normalized spacial score (nSPS) is 15.6. The molecule has 8 heteroatoms. The average molecular weight is 491 g/mol. The Morgan fingerprint density at radius 3 is 2.50 bits per heavy atom. The SMILES string of the molecule is CCOc1cc(C2C(C(=O)c3ccco3)=C(O)C(=O)N2CCN(C)C)ccc1OCc1ccccc1. The van der Waals surface area contributed by atoms with E-state index in [1.165, 1.54) is 17.2 Å². The van der Waals surface area contributed by atoms with Crippen LogP contribution in [0.2, 0.25) is 0 Å². The van der Waals surface area contributed by atoms with E-state index in [1.54, 1.807) is 24.3 Å². The summed E-state index contributed by atoms with van der Waals surface area (Å²) in [5, 5.41) is 10.8. The van der Waals surface area contributed by atoms with Crippen LogP contribution < -0.4 is 9.47 Å². The maximum absolute atomic E-state index is 13.3. The van der Waals surface area contributed by atoms with Gasteiger partial charge in [-0.05, 0) is 56.4 Å². The number of hydrogen-bond donors (Lipinski definition) is 1. The standard InChI is InChI=1S/C28H30N2O6/c1-4-34-23-17-20(12-13-21(23)36-18-19-9-6-5-7-10-19)25-24(26(31)22-11-8-16-35-22)27(32)28(33)30(25)15-14-29(2)3/h5-13,16-17,25,32H,4,14-15,18H2,1-3H3. The summed E-state index contributed by atoms with van der Waals surface area (Å²) >= 11 is 0. The number of nitrogens with zero attached hydrogens (tertiary/aromatic N) is 2. The van der Waals surface area contributed by atoms with Crippen molar-refractivity contribution < 1.29 is 28.6 Å². The number of ether oxygens (including phenoxy) is 2. The molecule has 2 heterocycles. The van der Waals surface area contributed by atoms with E-state index in [-0.39, 0.29) is 11.3 Å². The first kappa shape index (κ1) is 25.1. The zero-order chi connectivity index (χ0) is 25.7. The van der Waals surface area contributed by atoms with E-state index >= 15 is 0 Å². The van der Waals surface area contributed by atoms with E-state index in [4.69, 9.17) is 13.9 Å². The Hall–Kier alpha value is -4.04. The van der Waals surface area contributed by atoms with Gasteiger partial charge in [0.1, 0.15) is 6.61 Å². The van der Waals surface area contributed by atoms with Gasteiger partial charge in [0, 0.05) is 13.1 Å². The Morgan fingerprint density at radius 1 is 1.06 bits per heavy atom. The summed E-state index contributed by atoms with van der Waals surface area (Å²) in [5.74, 6) is -0.619. The largest absolute Gasteiger partial charge is 0.503 e. The van der Waals surface area contributed by atoms with Gasteiger partial charge in [-0.15, -0.1) is 0 Å². The van der Waals surface area contributed by atoms with Crippen LogP contribution in [-0.2, 0) is 11.4 Å². The maximum Gasteiger partial charge on any atom is 0.290 e. The molecule has 1 aliphatic rings. The van der Waals surface area contributed by atoms with Gasteiger partial charge in [-0.2, -0.15) is 0 Å². The number of carbonyl (C=O) groups excluding carboxylic acids is 2. The lowest BCUT2D eigenvalue weighted by Gasteiger charge is -2.28. The molecule has 188 valence electrons. The van der Waals surface area contributed by atoms with E-state index in [1.807, 2.05) is 56.3 Å². The molecule has 4 rings (SSSR count). The number of furan rings is 1. The molecule has 0 radical (unpaired) electrons. The molecule has 0 saturated carbocycles.